The fourth-order valence-corrected chi connectivity index (χ4v) is 6.29. The number of hydrogen-bond acceptors (Lipinski definition) is 3. The topological polar surface area (TPSA) is 48.3 Å². The number of allylic oxidation sites excluding steroid dienone is 1. The molecule has 1 aliphatic carbocycles. The standard InChI is InChI=1S/C31H36FIN4O/c1-5-23(17-24-9-7-6-8-10-24)19-35-30(34-4)22(3)37-16-15-36(20-29(37)33)31(38)27-14-12-25-11-13-26(32)18-28(25)21(27)2/h6-11,13,18-19,23,29H,3,5,12,14-17,20H2,1-2,4H3. The van der Waals surface area contributed by atoms with Crippen molar-refractivity contribution in [2.24, 2.45) is 15.9 Å². The van der Waals surface area contributed by atoms with Gasteiger partial charge in [-0.25, -0.2) is 9.38 Å². The van der Waals surface area contributed by atoms with Crippen LogP contribution in [0.15, 0.2) is 76.4 Å². The molecule has 1 saturated heterocycles. The predicted molar refractivity (Wildman–Crippen MR) is 163 cm³/mol. The van der Waals surface area contributed by atoms with Crippen LogP contribution in [0.3, 0.4) is 0 Å². The summed E-state index contributed by atoms with van der Waals surface area (Å²) in [6.45, 7) is 10.3. The lowest BCUT2D eigenvalue weighted by Gasteiger charge is -2.41. The lowest BCUT2D eigenvalue weighted by Crippen LogP contribution is -2.53. The Morgan fingerprint density at radius 2 is 1.97 bits per heavy atom. The van der Waals surface area contributed by atoms with Gasteiger partial charge in [-0.05, 0) is 72.9 Å². The van der Waals surface area contributed by atoms with Crippen LogP contribution in [0.25, 0.3) is 5.57 Å². The molecule has 200 valence electrons. The van der Waals surface area contributed by atoms with Gasteiger partial charge in [-0.3, -0.25) is 9.79 Å². The number of halogens is 2. The average Bonchev–Trinajstić information content (AvgIpc) is 2.93. The summed E-state index contributed by atoms with van der Waals surface area (Å²) in [6, 6.07) is 15.3. The molecule has 1 heterocycles. The number of carbonyl (C=O) groups is 1. The van der Waals surface area contributed by atoms with Crippen LogP contribution >= 0.6 is 22.6 Å². The van der Waals surface area contributed by atoms with Crippen molar-refractivity contribution in [3.05, 3.63) is 88.9 Å². The minimum atomic E-state index is -0.266. The Morgan fingerprint density at radius 1 is 1.21 bits per heavy atom. The summed E-state index contributed by atoms with van der Waals surface area (Å²) in [7, 11) is 1.75. The minimum absolute atomic E-state index is 0.0465. The predicted octanol–water partition coefficient (Wildman–Crippen LogP) is 6.33. The Morgan fingerprint density at radius 3 is 2.66 bits per heavy atom. The van der Waals surface area contributed by atoms with Gasteiger partial charge in [-0.15, -0.1) is 0 Å². The van der Waals surface area contributed by atoms with Gasteiger partial charge >= 0.3 is 0 Å². The second kappa shape index (κ2) is 12.8. The van der Waals surface area contributed by atoms with E-state index in [0.29, 0.717) is 37.8 Å². The molecule has 7 heteroatoms. The van der Waals surface area contributed by atoms with Crippen LogP contribution in [0.4, 0.5) is 4.39 Å². The Hall–Kier alpha value is -2.81. The number of nitrogens with zero attached hydrogens (tertiary/aromatic N) is 4. The molecule has 2 aromatic carbocycles. The normalized spacial score (nSPS) is 19.1. The highest BCUT2D eigenvalue weighted by Gasteiger charge is 2.32. The Kier molecular flexibility index (Phi) is 9.52. The molecule has 38 heavy (non-hydrogen) atoms. The smallest absolute Gasteiger partial charge is 0.250 e. The zero-order valence-electron chi connectivity index (χ0n) is 22.5. The first-order valence-electron chi connectivity index (χ1n) is 13.2. The summed E-state index contributed by atoms with van der Waals surface area (Å²) in [5, 5.41) is 0. The van der Waals surface area contributed by atoms with E-state index in [1.807, 2.05) is 30.2 Å². The number of hydrogen-bond donors (Lipinski definition) is 0. The summed E-state index contributed by atoms with van der Waals surface area (Å²) in [6.07, 6.45) is 5.37. The molecule has 1 aliphatic heterocycles. The van der Waals surface area contributed by atoms with Crippen molar-refractivity contribution >= 4 is 46.1 Å². The number of amidine groups is 1. The van der Waals surface area contributed by atoms with E-state index in [9.17, 15) is 9.18 Å². The quantitative estimate of drug-likeness (QED) is 0.119. The van der Waals surface area contributed by atoms with Gasteiger partial charge in [0.05, 0.1) is 16.3 Å². The van der Waals surface area contributed by atoms with Crippen molar-refractivity contribution in [3.63, 3.8) is 0 Å². The number of alkyl halides is 1. The molecule has 1 fully saturated rings. The van der Waals surface area contributed by atoms with Gasteiger partial charge < -0.3 is 9.80 Å². The lowest BCUT2D eigenvalue weighted by atomic mass is 9.85. The minimum Gasteiger partial charge on any atom is -0.354 e. The van der Waals surface area contributed by atoms with Crippen LogP contribution in [0.5, 0.6) is 0 Å². The summed E-state index contributed by atoms with van der Waals surface area (Å²) < 4.78 is 13.9. The molecule has 0 bridgehead atoms. The van der Waals surface area contributed by atoms with Crippen molar-refractivity contribution in [2.45, 2.75) is 43.6 Å². The molecule has 2 aromatic rings. The van der Waals surface area contributed by atoms with E-state index >= 15 is 0 Å². The van der Waals surface area contributed by atoms with Crippen LogP contribution in [-0.4, -0.2) is 58.5 Å². The van der Waals surface area contributed by atoms with Crippen molar-refractivity contribution in [2.75, 3.05) is 26.7 Å². The Labute approximate surface area is 239 Å². The van der Waals surface area contributed by atoms with Crippen LogP contribution in [-0.2, 0) is 17.6 Å². The third-order valence-electron chi connectivity index (χ3n) is 7.53. The Balaban J connectivity index is 1.40. The van der Waals surface area contributed by atoms with Crippen LogP contribution < -0.4 is 0 Å². The molecule has 5 nitrogen and oxygen atoms in total. The second-order valence-corrected chi connectivity index (χ2v) is 11.4. The molecule has 0 radical (unpaired) electrons. The maximum atomic E-state index is 13.9. The van der Waals surface area contributed by atoms with E-state index in [4.69, 9.17) is 4.99 Å². The van der Waals surface area contributed by atoms with E-state index in [1.54, 1.807) is 13.1 Å². The van der Waals surface area contributed by atoms with Crippen LogP contribution in [0.2, 0.25) is 0 Å². The number of piperazine rings is 1. The molecule has 0 aromatic heterocycles. The largest absolute Gasteiger partial charge is 0.354 e. The van der Waals surface area contributed by atoms with Crippen molar-refractivity contribution in [3.8, 4) is 0 Å². The van der Waals surface area contributed by atoms with Gasteiger partial charge in [-0.2, -0.15) is 0 Å². The summed E-state index contributed by atoms with van der Waals surface area (Å²) >= 11 is 2.38. The first-order valence-corrected chi connectivity index (χ1v) is 14.5. The second-order valence-electron chi connectivity index (χ2n) is 9.91. The van der Waals surface area contributed by atoms with Gasteiger partial charge in [0.2, 0.25) is 5.91 Å². The molecular weight excluding hydrogens is 590 g/mol. The van der Waals surface area contributed by atoms with Gasteiger partial charge in [0, 0.05) is 31.9 Å². The summed E-state index contributed by atoms with van der Waals surface area (Å²) in [5.74, 6) is 0.732. The summed E-state index contributed by atoms with van der Waals surface area (Å²) in [5.41, 5.74) is 5.73. The first kappa shape index (κ1) is 28.2. The zero-order valence-corrected chi connectivity index (χ0v) is 24.6. The highest BCUT2D eigenvalue weighted by atomic mass is 127. The maximum Gasteiger partial charge on any atom is 0.250 e. The molecule has 2 unspecified atom stereocenters. The van der Waals surface area contributed by atoms with Gasteiger partial charge in [0.1, 0.15) is 5.82 Å². The van der Waals surface area contributed by atoms with Gasteiger partial charge in [0.15, 0.2) is 5.84 Å². The third-order valence-corrected chi connectivity index (χ3v) is 8.59. The fraction of sp³-hybridized carbons (Fsp3) is 0.387. The first-order chi connectivity index (χ1) is 18.3. The highest BCUT2D eigenvalue weighted by molar-refractivity contribution is 14.1. The van der Waals surface area contributed by atoms with E-state index in [-0.39, 0.29) is 15.8 Å². The average molecular weight is 627 g/mol. The van der Waals surface area contributed by atoms with Crippen LogP contribution in [0.1, 0.15) is 43.4 Å². The van der Waals surface area contributed by atoms with Gasteiger partial charge in [0.25, 0.3) is 0 Å². The SMILES string of the molecule is C=C(C(N=CC(CC)Cc1ccccc1)=NC)N1CCN(C(=O)C2=C(C)c3cc(F)ccc3CC2)CC1I. The maximum absolute atomic E-state index is 13.9. The highest BCUT2D eigenvalue weighted by Crippen LogP contribution is 2.33. The molecule has 4 rings (SSSR count). The number of aryl methyl sites for hydroxylation is 1. The molecule has 1 amide bonds. The fourth-order valence-electron chi connectivity index (χ4n) is 5.20. The van der Waals surface area contributed by atoms with Crippen LogP contribution in [0, 0.1) is 11.7 Å². The lowest BCUT2D eigenvalue weighted by molar-refractivity contribution is -0.128. The van der Waals surface area contributed by atoms with E-state index in [2.05, 4.69) is 70.3 Å². The number of carbonyl (C=O) groups excluding carboxylic acids is 1. The number of aliphatic imine (C=N–C) groups is 2. The third kappa shape index (κ3) is 6.42. The van der Waals surface area contributed by atoms with E-state index < -0.39 is 0 Å². The molecular formula is C31H36FIN4O. The van der Waals surface area contributed by atoms with Crippen molar-refractivity contribution in [1.29, 1.82) is 0 Å². The Bertz CT molecular complexity index is 1270. The molecule has 0 spiro atoms. The zero-order chi connectivity index (χ0) is 27.2. The molecule has 0 saturated carbocycles. The van der Waals surface area contributed by atoms with E-state index in [0.717, 1.165) is 47.2 Å². The number of benzene rings is 2. The monoisotopic (exact) mass is 626 g/mol. The van der Waals surface area contributed by atoms with E-state index in [1.165, 1.54) is 11.6 Å². The molecule has 0 N–H and O–H groups in total. The number of amides is 1. The number of rotatable bonds is 7. The van der Waals surface area contributed by atoms with Gasteiger partial charge in [-0.1, -0.05) is 72.5 Å². The van der Waals surface area contributed by atoms with Crippen molar-refractivity contribution in [1.82, 2.24) is 9.80 Å². The number of fused-ring (bicyclic) bond motifs is 1. The van der Waals surface area contributed by atoms with Crippen molar-refractivity contribution < 1.29 is 9.18 Å². The summed E-state index contributed by atoms with van der Waals surface area (Å²) in [4.78, 5) is 26.8. The molecule has 2 atom stereocenters. The molecule has 2 aliphatic rings.